The van der Waals surface area contributed by atoms with Gasteiger partial charge in [-0.1, -0.05) is 59.3 Å². The molecule has 0 spiro atoms. The van der Waals surface area contributed by atoms with Crippen molar-refractivity contribution < 1.29 is 20.4 Å². The van der Waals surface area contributed by atoms with E-state index >= 15 is 0 Å². The highest BCUT2D eigenvalue weighted by Crippen LogP contribution is 2.66. The van der Waals surface area contributed by atoms with Gasteiger partial charge < -0.3 is 20.4 Å². The van der Waals surface area contributed by atoms with E-state index in [2.05, 4.69) is 53.7 Å². The van der Waals surface area contributed by atoms with Crippen LogP contribution in [-0.4, -0.2) is 44.3 Å². The van der Waals surface area contributed by atoms with Crippen LogP contribution in [0.25, 0.3) is 0 Å². The zero-order valence-electron chi connectivity index (χ0n) is 21.0. The van der Waals surface area contributed by atoms with E-state index in [1.54, 1.807) is 0 Å². The molecule has 0 heterocycles. The number of hydrogen-bond donors (Lipinski definition) is 4. The maximum absolute atomic E-state index is 11.6. The van der Waals surface area contributed by atoms with E-state index in [1.807, 2.05) is 0 Å². The summed E-state index contributed by atoms with van der Waals surface area (Å²) in [6.07, 6.45) is 7.45. The zero-order valence-corrected chi connectivity index (χ0v) is 21.0. The highest BCUT2D eigenvalue weighted by atomic mass is 16.4. The Hall–Kier alpha value is -0.680. The van der Waals surface area contributed by atoms with Crippen molar-refractivity contribution in [3.8, 4) is 0 Å². The molecule has 0 aromatic rings. The molecule has 10 unspecified atom stereocenters. The standard InChI is InChI=1S/C28H46O4/c1-16(2)17(3)7-8-18(4)20-9-10-21-23-22(12-13-26(20,21)5)27(6)14-11-19(29)15-28(27,32)25(31)24(23)30/h7-8,16-21,24-25,29-32H,9-15H2,1-6H3. The van der Waals surface area contributed by atoms with Crippen LogP contribution in [0.5, 0.6) is 0 Å². The minimum Gasteiger partial charge on any atom is -0.393 e. The first-order valence-electron chi connectivity index (χ1n) is 13.0. The van der Waals surface area contributed by atoms with Gasteiger partial charge in [0.15, 0.2) is 0 Å². The Labute approximate surface area is 194 Å². The first kappa shape index (κ1) is 24.4. The van der Waals surface area contributed by atoms with Gasteiger partial charge in [-0.3, -0.25) is 0 Å². The first-order chi connectivity index (χ1) is 14.9. The lowest BCUT2D eigenvalue weighted by molar-refractivity contribution is -0.216. The maximum Gasteiger partial charge on any atom is 0.113 e. The molecule has 10 atom stereocenters. The maximum atomic E-state index is 11.6. The molecule has 0 aromatic carbocycles. The average Bonchev–Trinajstić information content (AvgIpc) is 3.09. The van der Waals surface area contributed by atoms with E-state index in [0.717, 1.165) is 31.3 Å². The molecular formula is C28H46O4. The van der Waals surface area contributed by atoms with Gasteiger partial charge in [0.1, 0.15) is 17.8 Å². The lowest BCUT2D eigenvalue weighted by Gasteiger charge is -2.61. The molecule has 32 heavy (non-hydrogen) atoms. The Bertz CT molecular complexity index is 786. The lowest BCUT2D eigenvalue weighted by Crippen LogP contribution is -2.67. The number of aliphatic hydroxyl groups is 4. The topological polar surface area (TPSA) is 80.9 Å². The van der Waals surface area contributed by atoms with Crippen LogP contribution in [0.15, 0.2) is 23.3 Å². The van der Waals surface area contributed by atoms with E-state index < -0.39 is 29.3 Å². The van der Waals surface area contributed by atoms with Gasteiger partial charge in [0, 0.05) is 11.8 Å². The van der Waals surface area contributed by atoms with E-state index in [0.29, 0.717) is 36.5 Å². The van der Waals surface area contributed by atoms with Crippen molar-refractivity contribution in [3.05, 3.63) is 23.3 Å². The van der Waals surface area contributed by atoms with Crippen LogP contribution in [0.4, 0.5) is 0 Å². The molecule has 0 amide bonds. The smallest absolute Gasteiger partial charge is 0.113 e. The zero-order chi connectivity index (χ0) is 23.6. The normalized spacial score (nSPS) is 48.5. The predicted octanol–water partition coefficient (Wildman–Crippen LogP) is 4.61. The summed E-state index contributed by atoms with van der Waals surface area (Å²) in [5.41, 5.74) is 0.286. The third-order valence-corrected chi connectivity index (χ3v) is 10.7. The fourth-order valence-electron chi connectivity index (χ4n) is 8.08. The van der Waals surface area contributed by atoms with Crippen LogP contribution in [-0.2, 0) is 0 Å². The summed E-state index contributed by atoms with van der Waals surface area (Å²) in [5, 5.41) is 44.4. The first-order valence-corrected chi connectivity index (χ1v) is 13.0. The molecule has 0 saturated heterocycles. The van der Waals surface area contributed by atoms with E-state index in [-0.39, 0.29) is 17.8 Å². The largest absolute Gasteiger partial charge is 0.393 e. The summed E-state index contributed by atoms with van der Waals surface area (Å²) in [6, 6.07) is 0. The molecule has 4 aliphatic carbocycles. The number of fused-ring (bicyclic) bond motifs is 4. The van der Waals surface area contributed by atoms with Crippen LogP contribution in [0.2, 0.25) is 0 Å². The molecule has 2 saturated carbocycles. The molecule has 0 radical (unpaired) electrons. The van der Waals surface area contributed by atoms with E-state index in [4.69, 9.17) is 0 Å². The second-order valence-corrected chi connectivity index (χ2v) is 12.6. The van der Waals surface area contributed by atoms with Gasteiger partial charge in [-0.05, 0) is 79.1 Å². The fourth-order valence-corrected chi connectivity index (χ4v) is 8.08. The molecule has 0 aliphatic heterocycles. The second kappa shape index (κ2) is 8.22. The van der Waals surface area contributed by atoms with Crippen LogP contribution in [0, 0.1) is 40.4 Å². The summed E-state index contributed by atoms with van der Waals surface area (Å²) in [4.78, 5) is 0. The van der Waals surface area contributed by atoms with Crippen LogP contribution >= 0.6 is 0 Å². The molecule has 4 rings (SSSR count). The number of aliphatic hydroxyl groups excluding tert-OH is 3. The van der Waals surface area contributed by atoms with Crippen LogP contribution < -0.4 is 0 Å². The molecule has 0 aromatic heterocycles. The molecule has 4 heteroatoms. The van der Waals surface area contributed by atoms with Crippen molar-refractivity contribution in [1.29, 1.82) is 0 Å². The Morgan fingerprint density at radius 3 is 2.28 bits per heavy atom. The van der Waals surface area contributed by atoms with Gasteiger partial charge in [0.25, 0.3) is 0 Å². The summed E-state index contributed by atoms with van der Waals surface area (Å²) in [6.45, 7) is 13.6. The van der Waals surface area contributed by atoms with Gasteiger partial charge in [0.2, 0.25) is 0 Å². The minimum absolute atomic E-state index is 0.102. The van der Waals surface area contributed by atoms with Crippen molar-refractivity contribution in [2.45, 2.75) is 110 Å². The average molecular weight is 447 g/mol. The van der Waals surface area contributed by atoms with Crippen molar-refractivity contribution in [3.63, 3.8) is 0 Å². The van der Waals surface area contributed by atoms with Crippen LogP contribution in [0.3, 0.4) is 0 Å². The van der Waals surface area contributed by atoms with Gasteiger partial charge in [0.05, 0.1) is 6.10 Å². The molecule has 4 aliphatic rings. The van der Waals surface area contributed by atoms with E-state index in [1.165, 1.54) is 5.57 Å². The molecule has 2 fully saturated rings. The number of hydrogen-bond acceptors (Lipinski definition) is 4. The summed E-state index contributed by atoms with van der Waals surface area (Å²) in [5.74, 6) is 2.50. The predicted molar refractivity (Wildman–Crippen MR) is 128 cm³/mol. The summed E-state index contributed by atoms with van der Waals surface area (Å²) in [7, 11) is 0. The Kier molecular flexibility index (Phi) is 6.28. The van der Waals surface area contributed by atoms with Gasteiger partial charge in [-0.15, -0.1) is 0 Å². The third kappa shape index (κ3) is 3.39. The van der Waals surface area contributed by atoms with Gasteiger partial charge >= 0.3 is 0 Å². The highest BCUT2D eigenvalue weighted by Gasteiger charge is 2.65. The number of allylic oxidation sites excluding steroid dienone is 2. The molecule has 4 N–H and O–H groups in total. The number of rotatable bonds is 4. The summed E-state index contributed by atoms with van der Waals surface area (Å²) < 4.78 is 0. The monoisotopic (exact) mass is 446 g/mol. The second-order valence-electron chi connectivity index (χ2n) is 12.6. The summed E-state index contributed by atoms with van der Waals surface area (Å²) >= 11 is 0. The van der Waals surface area contributed by atoms with Gasteiger partial charge in [-0.25, -0.2) is 0 Å². The molecule has 4 nitrogen and oxygen atoms in total. The van der Waals surface area contributed by atoms with E-state index in [9.17, 15) is 20.4 Å². The van der Waals surface area contributed by atoms with Crippen molar-refractivity contribution >= 4 is 0 Å². The third-order valence-electron chi connectivity index (χ3n) is 10.7. The van der Waals surface area contributed by atoms with Crippen molar-refractivity contribution in [1.82, 2.24) is 0 Å². The Morgan fingerprint density at radius 1 is 0.938 bits per heavy atom. The Morgan fingerprint density at radius 2 is 1.62 bits per heavy atom. The quantitative estimate of drug-likeness (QED) is 0.475. The van der Waals surface area contributed by atoms with Crippen molar-refractivity contribution in [2.75, 3.05) is 0 Å². The minimum atomic E-state index is -1.46. The van der Waals surface area contributed by atoms with Crippen molar-refractivity contribution in [2.24, 2.45) is 40.4 Å². The fraction of sp³-hybridized carbons (Fsp3) is 0.857. The lowest BCUT2D eigenvalue weighted by atomic mass is 9.47. The SMILES string of the molecule is CC(C)C(C)C=CC(C)C1CCC2C3=C(CCC21C)C1(C)CCC(O)CC1(O)C(O)C3O. The molecule has 182 valence electrons. The molecule has 0 bridgehead atoms. The molecular weight excluding hydrogens is 400 g/mol. The highest BCUT2D eigenvalue weighted by molar-refractivity contribution is 5.41. The Balaban J connectivity index is 1.68. The van der Waals surface area contributed by atoms with Crippen LogP contribution in [0.1, 0.15) is 86.5 Å². The van der Waals surface area contributed by atoms with Gasteiger partial charge in [-0.2, -0.15) is 0 Å².